The highest BCUT2D eigenvalue weighted by Crippen LogP contribution is 2.02. The second-order valence-electron chi connectivity index (χ2n) is 4.62. The molecular formula is C12H27NO3S. The molecule has 0 aliphatic rings. The van der Waals surface area contributed by atoms with E-state index in [2.05, 4.69) is 19.2 Å². The van der Waals surface area contributed by atoms with E-state index in [9.17, 15) is 8.42 Å². The summed E-state index contributed by atoms with van der Waals surface area (Å²) in [5.74, 6) is 0.943. The van der Waals surface area contributed by atoms with Crippen molar-refractivity contribution in [2.75, 3.05) is 31.3 Å². The SMILES string of the molecule is CCCS(=O)(=O)CCNC(COCC)C(C)C. The van der Waals surface area contributed by atoms with Crippen molar-refractivity contribution < 1.29 is 13.2 Å². The zero-order chi connectivity index (χ0) is 13.3. The number of ether oxygens (including phenoxy) is 1. The summed E-state index contributed by atoms with van der Waals surface area (Å²) in [4.78, 5) is 0. The maximum Gasteiger partial charge on any atom is 0.151 e. The van der Waals surface area contributed by atoms with Crippen molar-refractivity contribution in [2.45, 2.75) is 40.2 Å². The molecule has 0 fully saturated rings. The third-order valence-corrected chi connectivity index (χ3v) is 4.50. The van der Waals surface area contributed by atoms with E-state index in [0.29, 0.717) is 32.1 Å². The van der Waals surface area contributed by atoms with Crippen LogP contribution in [0.1, 0.15) is 34.1 Å². The number of hydrogen-bond donors (Lipinski definition) is 1. The average molecular weight is 265 g/mol. The van der Waals surface area contributed by atoms with Crippen LogP contribution in [-0.4, -0.2) is 45.7 Å². The maximum atomic E-state index is 11.5. The van der Waals surface area contributed by atoms with Gasteiger partial charge in [-0.1, -0.05) is 20.8 Å². The molecule has 0 aliphatic heterocycles. The Hall–Kier alpha value is -0.130. The quantitative estimate of drug-likeness (QED) is 0.650. The summed E-state index contributed by atoms with van der Waals surface area (Å²) < 4.78 is 28.4. The first-order valence-corrected chi connectivity index (χ1v) is 8.26. The van der Waals surface area contributed by atoms with E-state index < -0.39 is 9.84 Å². The van der Waals surface area contributed by atoms with Gasteiger partial charge in [0.05, 0.1) is 12.4 Å². The fourth-order valence-electron chi connectivity index (χ4n) is 1.54. The van der Waals surface area contributed by atoms with Crippen molar-refractivity contribution in [3.8, 4) is 0 Å². The van der Waals surface area contributed by atoms with E-state index in [-0.39, 0.29) is 17.5 Å². The second-order valence-corrected chi connectivity index (χ2v) is 6.92. The Kier molecular flexibility index (Phi) is 8.82. The molecule has 4 nitrogen and oxygen atoms in total. The van der Waals surface area contributed by atoms with Gasteiger partial charge in [-0.2, -0.15) is 0 Å². The number of rotatable bonds is 10. The molecule has 104 valence electrons. The molecule has 0 aliphatic carbocycles. The highest BCUT2D eigenvalue weighted by Gasteiger charge is 2.14. The molecule has 17 heavy (non-hydrogen) atoms. The third-order valence-electron chi connectivity index (χ3n) is 2.64. The number of hydrogen-bond acceptors (Lipinski definition) is 4. The van der Waals surface area contributed by atoms with Crippen LogP contribution < -0.4 is 5.32 Å². The van der Waals surface area contributed by atoms with E-state index >= 15 is 0 Å². The molecule has 1 N–H and O–H groups in total. The van der Waals surface area contributed by atoms with Crippen molar-refractivity contribution >= 4 is 9.84 Å². The second kappa shape index (κ2) is 8.89. The van der Waals surface area contributed by atoms with Crippen molar-refractivity contribution in [1.82, 2.24) is 5.32 Å². The van der Waals surface area contributed by atoms with Gasteiger partial charge in [0.2, 0.25) is 0 Å². The summed E-state index contributed by atoms with van der Waals surface area (Å²) >= 11 is 0. The molecule has 0 amide bonds. The van der Waals surface area contributed by atoms with Gasteiger partial charge in [0.25, 0.3) is 0 Å². The monoisotopic (exact) mass is 265 g/mol. The van der Waals surface area contributed by atoms with E-state index in [1.165, 1.54) is 0 Å². The van der Waals surface area contributed by atoms with Crippen molar-refractivity contribution in [2.24, 2.45) is 5.92 Å². The zero-order valence-corrected chi connectivity index (χ0v) is 12.3. The van der Waals surface area contributed by atoms with E-state index in [4.69, 9.17) is 4.74 Å². The van der Waals surface area contributed by atoms with Gasteiger partial charge >= 0.3 is 0 Å². The maximum absolute atomic E-state index is 11.5. The lowest BCUT2D eigenvalue weighted by Gasteiger charge is -2.22. The highest BCUT2D eigenvalue weighted by molar-refractivity contribution is 7.91. The first-order valence-electron chi connectivity index (χ1n) is 6.44. The van der Waals surface area contributed by atoms with Gasteiger partial charge in [0, 0.05) is 24.9 Å². The van der Waals surface area contributed by atoms with E-state index in [0.717, 1.165) is 0 Å². The van der Waals surface area contributed by atoms with Gasteiger partial charge in [0.15, 0.2) is 9.84 Å². The number of nitrogens with one attached hydrogen (secondary N) is 1. The summed E-state index contributed by atoms with van der Waals surface area (Å²) in [7, 11) is -2.88. The lowest BCUT2D eigenvalue weighted by atomic mass is 10.1. The molecule has 0 aromatic rings. The van der Waals surface area contributed by atoms with Gasteiger partial charge in [-0.25, -0.2) is 8.42 Å². The summed E-state index contributed by atoms with van der Waals surface area (Å²) in [6.45, 7) is 9.91. The lowest BCUT2D eigenvalue weighted by Crippen LogP contribution is -2.40. The normalized spacial score (nSPS) is 14.2. The average Bonchev–Trinajstić information content (AvgIpc) is 2.22. The molecule has 0 aromatic carbocycles. The van der Waals surface area contributed by atoms with Crippen LogP contribution in [0, 0.1) is 5.92 Å². The minimum Gasteiger partial charge on any atom is -0.380 e. The van der Waals surface area contributed by atoms with Gasteiger partial charge in [-0.15, -0.1) is 0 Å². The Morgan fingerprint density at radius 2 is 1.82 bits per heavy atom. The fourth-order valence-corrected chi connectivity index (χ4v) is 2.80. The molecule has 0 spiro atoms. The minimum atomic E-state index is -2.88. The van der Waals surface area contributed by atoms with Gasteiger partial charge in [-0.3, -0.25) is 0 Å². The van der Waals surface area contributed by atoms with Crippen LogP contribution in [0.15, 0.2) is 0 Å². The third kappa shape index (κ3) is 8.57. The van der Waals surface area contributed by atoms with Crippen molar-refractivity contribution in [3.05, 3.63) is 0 Å². The molecule has 0 aromatic heterocycles. The van der Waals surface area contributed by atoms with Crippen molar-refractivity contribution in [1.29, 1.82) is 0 Å². The summed E-state index contributed by atoms with van der Waals surface area (Å²) in [5, 5.41) is 3.26. The van der Waals surface area contributed by atoms with Crippen LogP contribution in [0.4, 0.5) is 0 Å². The Morgan fingerprint density at radius 3 is 2.29 bits per heavy atom. The standard InChI is InChI=1S/C12H27NO3S/c1-5-8-17(14,15)9-7-13-12(11(3)4)10-16-6-2/h11-13H,5-10H2,1-4H3. The molecule has 0 heterocycles. The highest BCUT2D eigenvalue weighted by atomic mass is 32.2. The predicted octanol–water partition coefficient (Wildman–Crippen LogP) is 1.46. The Morgan fingerprint density at radius 1 is 1.18 bits per heavy atom. The van der Waals surface area contributed by atoms with Crippen molar-refractivity contribution in [3.63, 3.8) is 0 Å². The summed E-state index contributed by atoms with van der Waals surface area (Å²) in [6, 6.07) is 0.228. The van der Waals surface area contributed by atoms with Crippen LogP contribution in [0.3, 0.4) is 0 Å². The summed E-state index contributed by atoms with van der Waals surface area (Å²) in [5.41, 5.74) is 0. The molecule has 0 saturated heterocycles. The molecule has 0 radical (unpaired) electrons. The van der Waals surface area contributed by atoms with Gasteiger partial charge < -0.3 is 10.1 Å². The van der Waals surface area contributed by atoms with Crippen LogP contribution in [0.5, 0.6) is 0 Å². The van der Waals surface area contributed by atoms with Crippen LogP contribution in [-0.2, 0) is 14.6 Å². The largest absolute Gasteiger partial charge is 0.380 e. The predicted molar refractivity (Wildman–Crippen MR) is 72.1 cm³/mol. The fraction of sp³-hybridized carbons (Fsp3) is 1.00. The number of sulfone groups is 1. The summed E-state index contributed by atoms with van der Waals surface area (Å²) in [6.07, 6.45) is 0.689. The minimum absolute atomic E-state index is 0.218. The van der Waals surface area contributed by atoms with E-state index in [1.54, 1.807) is 0 Å². The first kappa shape index (κ1) is 16.9. The molecule has 0 bridgehead atoms. The van der Waals surface area contributed by atoms with E-state index in [1.807, 2.05) is 13.8 Å². The molecular weight excluding hydrogens is 238 g/mol. The Labute approximate surface area is 106 Å². The molecule has 0 saturated carbocycles. The van der Waals surface area contributed by atoms with Crippen LogP contribution >= 0.6 is 0 Å². The molecule has 5 heteroatoms. The van der Waals surface area contributed by atoms with Crippen LogP contribution in [0.2, 0.25) is 0 Å². The van der Waals surface area contributed by atoms with Crippen LogP contribution in [0.25, 0.3) is 0 Å². The smallest absolute Gasteiger partial charge is 0.151 e. The first-order chi connectivity index (χ1) is 7.93. The molecule has 1 atom stereocenters. The topological polar surface area (TPSA) is 55.4 Å². The zero-order valence-electron chi connectivity index (χ0n) is 11.5. The lowest BCUT2D eigenvalue weighted by molar-refractivity contribution is 0.109. The van der Waals surface area contributed by atoms with Gasteiger partial charge in [-0.05, 0) is 19.3 Å². The molecule has 1 unspecified atom stereocenters. The Balaban J connectivity index is 3.97. The Bertz CT molecular complexity index is 275. The molecule has 0 rings (SSSR count). The van der Waals surface area contributed by atoms with Gasteiger partial charge in [0.1, 0.15) is 0 Å².